The Morgan fingerprint density at radius 3 is 2.61 bits per heavy atom. The molecular formula is C27H45N5O4. The maximum Gasteiger partial charge on any atom is 0.269 e. The Morgan fingerprint density at radius 2 is 1.92 bits per heavy atom. The quantitative estimate of drug-likeness (QED) is 0.401. The van der Waals surface area contributed by atoms with Gasteiger partial charge >= 0.3 is 0 Å². The van der Waals surface area contributed by atoms with Crippen molar-refractivity contribution in [3.8, 4) is 0 Å². The Balaban J connectivity index is 1.34. The number of anilines is 1. The molecule has 0 saturated heterocycles. The molecule has 36 heavy (non-hydrogen) atoms. The maximum absolute atomic E-state index is 12.4. The van der Waals surface area contributed by atoms with E-state index in [4.69, 9.17) is 0 Å². The number of aliphatic hydroxyl groups is 3. The first kappa shape index (κ1) is 26.0. The molecule has 1 aromatic rings. The van der Waals surface area contributed by atoms with Crippen molar-refractivity contribution in [1.29, 1.82) is 0 Å². The summed E-state index contributed by atoms with van der Waals surface area (Å²) in [4.78, 5) is 12.4. The minimum atomic E-state index is -0.415. The molecule has 5 unspecified atom stereocenters. The van der Waals surface area contributed by atoms with E-state index in [0.29, 0.717) is 18.3 Å². The van der Waals surface area contributed by atoms with Gasteiger partial charge in [0.2, 0.25) is 5.91 Å². The predicted octanol–water partition coefficient (Wildman–Crippen LogP) is 3.15. The number of carbonyl (C=O) groups excluding carboxylic acids is 1. The minimum Gasteiger partial charge on any atom is -0.393 e. The van der Waals surface area contributed by atoms with Gasteiger partial charge in [0.25, 0.3) is 5.95 Å². The van der Waals surface area contributed by atoms with Crippen molar-refractivity contribution in [2.45, 2.75) is 104 Å². The smallest absolute Gasteiger partial charge is 0.269 e. The van der Waals surface area contributed by atoms with E-state index in [1.54, 1.807) is 0 Å². The highest BCUT2D eigenvalue weighted by Crippen LogP contribution is 2.69. The first-order valence-corrected chi connectivity index (χ1v) is 14.2. The second-order valence-electron chi connectivity index (χ2n) is 13.0. The van der Waals surface area contributed by atoms with Gasteiger partial charge in [-0.3, -0.25) is 10.1 Å². The molecule has 5 rings (SSSR count). The summed E-state index contributed by atoms with van der Waals surface area (Å²) in [5.41, 5.74) is -0.204. The molecule has 0 spiro atoms. The molecule has 0 bridgehead atoms. The fraction of sp³-hybridized carbons (Fsp3) is 0.926. The number of nitrogens with zero attached hydrogens (tertiary/aromatic N) is 3. The number of tetrazole rings is 1. The molecule has 1 aromatic heterocycles. The van der Waals surface area contributed by atoms with E-state index in [-0.39, 0.29) is 64.5 Å². The number of H-pyrrole nitrogens is 1. The van der Waals surface area contributed by atoms with E-state index in [1.807, 2.05) is 0 Å². The molecule has 4 saturated carbocycles. The van der Waals surface area contributed by atoms with Crippen molar-refractivity contribution in [2.75, 3.05) is 5.32 Å². The highest BCUT2D eigenvalue weighted by molar-refractivity contribution is 5.88. The number of rotatable bonds is 6. The summed E-state index contributed by atoms with van der Waals surface area (Å²) < 4.78 is 0. The van der Waals surface area contributed by atoms with E-state index in [9.17, 15) is 20.1 Å². The summed E-state index contributed by atoms with van der Waals surface area (Å²) in [7, 11) is 0. The van der Waals surface area contributed by atoms with Crippen LogP contribution < -0.4 is 5.32 Å². The zero-order valence-corrected chi connectivity index (χ0v) is 22.2. The van der Waals surface area contributed by atoms with Crippen LogP contribution in [0.5, 0.6) is 0 Å². The molecule has 0 aliphatic heterocycles. The highest BCUT2D eigenvalue weighted by Gasteiger charge is 2.67. The molecule has 202 valence electrons. The molecule has 9 heteroatoms. The Morgan fingerprint density at radius 1 is 1.14 bits per heavy atom. The second-order valence-corrected chi connectivity index (χ2v) is 13.0. The Bertz CT molecular complexity index is 929. The molecule has 4 aliphatic carbocycles. The Labute approximate surface area is 214 Å². The first-order valence-electron chi connectivity index (χ1n) is 14.2. The third kappa shape index (κ3) is 4.00. The number of aromatic nitrogens is 4. The van der Waals surface area contributed by atoms with E-state index < -0.39 is 6.10 Å². The number of aliphatic hydroxyl groups excluding tert-OH is 3. The van der Waals surface area contributed by atoms with Crippen LogP contribution in [0, 0.1) is 52.3 Å². The largest absolute Gasteiger partial charge is 0.393 e. The first-order chi connectivity index (χ1) is 17.1. The van der Waals surface area contributed by atoms with Gasteiger partial charge in [-0.2, -0.15) is 5.21 Å². The average molecular weight is 504 g/mol. The van der Waals surface area contributed by atoms with Crippen molar-refractivity contribution in [3.63, 3.8) is 0 Å². The van der Waals surface area contributed by atoms with Crippen LogP contribution in [0.3, 0.4) is 0 Å². The van der Waals surface area contributed by atoms with Gasteiger partial charge in [-0.1, -0.05) is 39.2 Å². The van der Waals surface area contributed by atoms with Crippen LogP contribution in [-0.2, 0) is 4.79 Å². The van der Waals surface area contributed by atoms with Crippen molar-refractivity contribution < 1.29 is 20.1 Å². The van der Waals surface area contributed by atoms with E-state index in [0.717, 1.165) is 51.4 Å². The molecule has 5 N–H and O–H groups in total. The van der Waals surface area contributed by atoms with Gasteiger partial charge in [0, 0.05) is 6.42 Å². The summed E-state index contributed by atoms with van der Waals surface area (Å²) in [5.74, 6) is 1.92. The molecular weight excluding hydrogens is 458 g/mol. The van der Waals surface area contributed by atoms with Gasteiger partial charge < -0.3 is 15.3 Å². The fourth-order valence-corrected chi connectivity index (χ4v) is 9.85. The molecule has 4 fully saturated rings. The number of carbonyl (C=O) groups is 1. The summed E-state index contributed by atoms with van der Waals surface area (Å²) in [6.45, 7) is 9.05. The van der Waals surface area contributed by atoms with Crippen LogP contribution in [0.25, 0.3) is 0 Å². The number of hydrogen-bond donors (Lipinski definition) is 5. The molecule has 4 aliphatic rings. The van der Waals surface area contributed by atoms with Gasteiger partial charge in [-0.25, -0.2) is 0 Å². The van der Waals surface area contributed by atoms with Crippen molar-refractivity contribution in [3.05, 3.63) is 0 Å². The van der Waals surface area contributed by atoms with E-state index in [1.165, 1.54) is 0 Å². The van der Waals surface area contributed by atoms with Crippen LogP contribution in [-0.4, -0.2) is 60.2 Å². The summed E-state index contributed by atoms with van der Waals surface area (Å²) in [5, 5.41) is 50.1. The number of nitrogens with one attached hydrogen (secondary N) is 2. The van der Waals surface area contributed by atoms with Crippen LogP contribution in [0.2, 0.25) is 0 Å². The lowest BCUT2D eigenvalue weighted by Gasteiger charge is -2.65. The lowest BCUT2D eigenvalue weighted by molar-refractivity contribution is -0.228. The van der Waals surface area contributed by atoms with Crippen LogP contribution in [0.4, 0.5) is 5.95 Å². The molecule has 0 aromatic carbocycles. The fourth-order valence-electron chi connectivity index (χ4n) is 9.85. The van der Waals surface area contributed by atoms with Gasteiger partial charge in [0.15, 0.2) is 0 Å². The maximum atomic E-state index is 12.4. The molecule has 0 radical (unpaired) electrons. The molecule has 12 atom stereocenters. The van der Waals surface area contributed by atoms with Gasteiger partial charge in [-0.15, -0.1) is 5.10 Å². The van der Waals surface area contributed by atoms with E-state index in [2.05, 4.69) is 53.6 Å². The zero-order valence-electron chi connectivity index (χ0n) is 22.2. The van der Waals surface area contributed by atoms with Crippen molar-refractivity contribution in [2.24, 2.45) is 52.3 Å². The summed E-state index contributed by atoms with van der Waals surface area (Å²) >= 11 is 0. The van der Waals surface area contributed by atoms with Gasteiger partial charge in [0.05, 0.1) is 18.3 Å². The lowest BCUT2D eigenvalue weighted by Crippen LogP contribution is -2.65. The number of aromatic amines is 1. The standard InChI is InChI=1S/C27H45N5O4/c1-5-16-19-12-15(33)10-11-26(19,3)20-13-21(34)27(4)17(7-8-18(27)23(20)24(16)36)14(2)6-9-22(35)28-25-29-31-32-30-25/h14-21,23-24,33-34,36H,5-13H2,1-4H3,(H2,28,29,30,31,32,35)/t14-,15-,16-,17?,18?,19+,20?,21+,23?,24?,26+,27-/m1/s1. The van der Waals surface area contributed by atoms with E-state index >= 15 is 0 Å². The van der Waals surface area contributed by atoms with Crippen molar-refractivity contribution in [1.82, 2.24) is 20.6 Å². The van der Waals surface area contributed by atoms with Crippen LogP contribution in [0.15, 0.2) is 0 Å². The van der Waals surface area contributed by atoms with Crippen LogP contribution in [0.1, 0.15) is 85.5 Å². The van der Waals surface area contributed by atoms with Gasteiger partial charge in [-0.05, 0) is 102 Å². The lowest BCUT2D eigenvalue weighted by atomic mass is 9.41. The monoisotopic (exact) mass is 503 g/mol. The topological polar surface area (TPSA) is 144 Å². The molecule has 1 heterocycles. The van der Waals surface area contributed by atoms with Crippen LogP contribution >= 0.6 is 0 Å². The third-order valence-electron chi connectivity index (χ3n) is 11.7. The van der Waals surface area contributed by atoms with Crippen molar-refractivity contribution >= 4 is 11.9 Å². The normalized spacial score (nSPS) is 46.9. The highest BCUT2D eigenvalue weighted by atomic mass is 16.3. The minimum absolute atomic E-state index is 0.0586. The Hall–Kier alpha value is -1.58. The number of hydrogen-bond acceptors (Lipinski definition) is 7. The number of fused-ring (bicyclic) bond motifs is 5. The molecule has 1 amide bonds. The summed E-state index contributed by atoms with van der Waals surface area (Å²) in [6, 6.07) is 0. The Kier molecular flexibility index (Phi) is 6.96. The average Bonchev–Trinajstić information content (AvgIpc) is 3.48. The third-order valence-corrected chi connectivity index (χ3v) is 11.7. The van der Waals surface area contributed by atoms with Gasteiger partial charge in [0.1, 0.15) is 0 Å². The summed E-state index contributed by atoms with van der Waals surface area (Å²) in [6.07, 6.45) is 6.33. The molecule has 9 nitrogen and oxygen atoms in total. The number of amides is 1. The zero-order chi connectivity index (χ0) is 25.8. The predicted molar refractivity (Wildman–Crippen MR) is 134 cm³/mol. The second kappa shape index (κ2) is 9.62. The SMILES string of the molecule is CC[C@H]1C(O)C2C3CCC([C@H](C)CCC(=O)Nc4nn[nH]n4)[C@@]3(C)[C@@H](O)CC2[C@@]2(C)CC[C@@H](O)C[C@@H]12.